The Morgan fingerprint density at radius 2 is 2.00 bits per heavy atom. The molecule has 0 radical (unpaired) electrons. The van der Waals surface area contributed by atoms with Gasteiger partial charge in [-0.1, -0.05) is 18.6 Å². The molecular weight excluding hydrogens is 331 g/mol. The fraction of sp³-hybridized carbons (Fsp3) is 0.650. The van der Waals surface area contributed by atoms with Crippen molar-refractivity contribution in [1.29, 1.82) is 0 Å². The summed E-state index contributed by atoms with van der Waals surface area (Å²) in [5.41, 5.74) is 0. The van der Waals surface area contributed by atoms with Gasteiger partial charge in [0, 0.05) is 25.2 Å². The van der Waals surface area contributed by atoms with Crippen LogP contribution in [0.15, 0.2) is 29.3 Å². The van der Waals surface area contributed by atoms with E-state index in [1.54, 1.807) is 25.2 Å². The minimum Gasteiger partial charge on any atom is -0.486 e. The van der Waals surface area contributed by atoms with Gasteiger partial charge in [0.15, 0.2) is 17.5 Å². The molecule has 0 spiro atoms. The zero-order valence-electron chi connectivity index (χ0n) is 16.0. The first-order valence-corrected chi connectivity index (χ1v) is 9.67. The average molecular weight is 362 g/mol. The highest BCUT2D eigenvalue weighted by Crippen LogP contribution is 2.32. The lowest BCUT2D eigenvalue weighted by atomic mass is 9.82. The first kappa shape index (κ1) is 19.0. The molecular formula is C20H31FN4O. The number of nitrogens with one attached hydrogen (secondary N) is 2. The molecule has 1 aromatic carbocycles. The Kier molecular flexibility index (Phi) is 6.35. The highest BCUT2D eigenvalue weighted by molar-refractivity contribution is 5.80. The first-order chi connectivity index (χ1) is 12.6. The lowest BCUT2D eigenvalue weighted by Crippen LogP contribution is -2.57. The molecule has 0 saturated carbocycles. The molecule has 0 amide bonds. The summed E-state index contributed by atoms with van der Waals surface area (Å²) in [6.45, 7) is 2.49. The van der Waals surface area contributed by atoms with E-state index in [-0.39, 0.29) is 17.7 Å². The van der Waals surface area contributed by atoms with Crippen LogP contribution in [0, 0.1) is 5.82 Å². The molecule has 0 aromatic heterocycles. The van der Waals surface area contributed by atoms with Crippen LogP contribution in [0.25, 0.3) is 0 Å². The molecule has 3 atom stereocenters. The molecule has 6 heteroatoms. The van der Waals surface area contributed by atoms with Gasteiger partial charge < -0.3 is 20.3 Å². The smallest absolute Gasteiger partial charge is 0.191 e. The summed E-state index contributed by atoms with van der Waals surface area (Å²) < 4.78 is 19.4. The van der Waals surface area contributed by atoms with Crippen LogP contribution < -0.4 is 15.4 Å². The SMILES string of the molecule is CN=C(NCC(C)Oc1ccccc1F)NC1CC2CCCC(C1)N2C. The van der Waals surface area contributed by atoms with Crippen molar-refractivity contribution >= 4 is 5.96 Å². The van der Waals surface area contributed by atoms with Gasteiger partial charge in [-0.15, -0.1) is 0 Å². The predicted octanol–water partition coefficient (Wildman–Crippen LogP) is 2.77. The number of guanidine groups is 1. The van der Waals surface area contributed by atoms with Crippen molar-refractivity contribution in [2.45, 2.75) is 63.3 Å². The number of hydrogen-bond acceptors (Lipinski definition) is 3. The molecule has 5 nitrogen and oxygen atoms in total. The van der Waals surface area contributed by atoms with Crippen molar-refractivity contribution in [2.24, 2.45) is 4.99 Å². The predicted molar refractivity (Wildman–Crippen MR) is 103 cm³/mol. The number of fused-ring (bicyclic) bond motifs is 2. The van der Waals surface area contributed by atoms with Crippen molar-refractivity contribution in [1.82, 2.24) is 15.5 Å². The van der Waals surface area contributed by atoms with Crippen LogP contribution in [-0.4, -0.2) is 55.7 Å². The van der Waals surface area contributed by atoms with Crippen molar-refractivity contribution in [3.8, 4) is 5.75 Å². The molecule has 2 N–H and O–H groups in total. The number of halogens is 1. The molecule has 3 rings (SSSR count). The summed E-state index contributed by atoms with van der Waals surface area (Å²) in [6.07, 6.45) is 6.10. The summed E-state index contributed by atoms with van der Waals surface area (Å²) in [5, 5.41) is 6.88. The fourth-order valence-electron chi connectivity index (χ4n) is 4.16. The largest absolute Gasteiger partial charge is 0.486 e. The molecule has 2 heterocycles. The number of nitrogens with zero attached hydrogens (tertiary/aromatic N) is 2. The van der Waals surface area contributed by atoms with Crippen LogP contribution in [-0.2, 0) is 0 Å². The molecule has 2 aliphatic rings. The summed E-state index contributed by atoms with van der Waals surface area (Å²) >= 11 is 0. The number of rotatable bonds is 5. The van der Waals surface area contributed by atoms with Gasteiger partial charge in [-0.05, 0) is 51.8 Å². The monoisotopic (exact) mass is 362 g/mol. The zero-order chi connectivity index (χ0) is 18.5. The highest BCUT2D eigenvalue weighted by Gasteiger charge is 2.36. The Morgan fingerprint density at radius 3 is 2.65 bits per heavy atom. The number of benzene rings is 1. The minimum absolute atomic E-state index is 0.165. The van der Waals surface area contributed by atoms with Crippen molar-refractivity contribution in [3.05, 3.63) is 30.1 Å². The van der Waals surface area contributed by atoms with Gasteiger partial charge in [-0.3, -0.25) is 4.99 Å². The second-order valence-electron chi connectivity index (χ2n) is 7.53. The van der Waals surface area contributed by atoms with Crippen molar-refractivity contribution in [2.75, 3.05) is 20.6 Å². The highest BCUT2D eigenvalue weighted by atomic mass is 19.1. The molecule has 2 fully saturated rings. The second kappa shape index (κ2) is 8.71. The maximum absolute atomic E-state index is 13.7. The molecule has 1 aromatic rings. The average Bonchev–Trinajstić information content (AvgIpc) is 2.61. The summed E-state index contributed by atoms with van der Waals surface area (Å²) in [4.78, 5) is 6.90. The van der Waals surface area contributed by atoms with Gasteiger partial charge in [0.25, 0.3) is 0 Å². The van der Waals surface area contributed by atoms with E-state index in [0.717, 1.165) is 18.8 Å². The maximum atomic E-state index is 13.7. The number of para-hydroxylation sites is 1. The summed E-state index contributed by atoms with van der Waals surface area (Å²) in [5.74, 6) is 0.745. The van der Waals surface area contributed by atoms with Crippen LogP contribution in [0.1, 0.15) is 39.0 Å². The Labute approximate surface area is 156 Å². The van der Waals surface area contributed by atoms with Crippen LogP contribution in [0.2, 0.25) is 0 Å². The van der Waals surface area contributed by atoms with E-state index in [0.29, 0.717) is 24.7 Å². The van der Waals surface area contributed by atoms with Crippen molar-refractivity contribution in [3.63, 3.8) is 0 Å². The number of aliphatic imine (C=N–C) groups is 1. The maximum Gasteiger partial charge on any atom is 0.191 e. The van der Waals surface area contributed by atoms with E-state index >= 15 is 0 Å². The van der Waals surface area contributed by atoms with Gasteiger partial charge in [0.2, 0.25) is 0 Å². The molecule has 2 bridgehead atoms. The number of hydrogen-bond donors (Lipinski definition) is 2. The zero-order valence-corrected chi connectivity index (χ0v) is 16.0. The van der Waals surface area contributed by atoms with E-state index in [1.807, 2.05) is 6.92 Å². The lowest BCUT2D eigenvalue weighted by molar-refractivity contribution is 0.0526. The molecule has 26 heavy (non-hydrogen) atoms. The van der Waals surface area contributed by atoms with Crippen LogP contribution in [0.3, 0.4) is 0 Å². The van der Waals surface area contributed by atoms with Gasteiger partial charge in [-0.2, -0.15) is 0 Å². The van der Waals surface area contributed by atoms with Gasteiger partial charge in [0.1, 0.15) is 6.10 Å². The Morgan fingerprint density at radius 1 is 1.31 bits per heavy atom. The standard InChI is InChI=1S/C20H31FN4O/c1-14(26-19-10-5-4-9-18(19)21)13-23-20(22-2)24-15-11-16-7-6-8-17(12-15)25(16)3/h4-5,9-10,14-17H,6-8,11-13H2,1-3H3,(H2,22,23,24). The topological polar surface area (TPSA) is 48.9 Å². The van der Waals surface area contributed by atoms with Crippen molar-refractivity contribution < 1.29 is 9.13 Å². The third-order valence-corrected chi connectivity index (χ3v) is 5.63. The van der Waals surface area contributed by atoms with E-state index < -0.39 is 0 Å². The molecule has 144 valence electrons. The Bertz CT molecular complexity index is 610. The van der Waals surface area contributed by atoms with E-state index in [4.69, 9.17) is 4.74 Å². The minimum atomic E-state index is -0.334. The Balaban J connectivity index is 1.47. The van der Waals surface area contributed by atoms with E-state index in [1.165, 1.54) is 25.3 Å². The molecule has 2 saturated heterocycles. The Hall–Kier alpha value is -1.82. The fourth-order valence-corrected chi connectivity index (χ4v) is 4.16. The van der Waals surface area contributed by atoms with Crippen LogP contribution >= 0.6 is 0 Å². The number of ether oxygens (including phenoxy) is 1. The second-order valence-corrected chi connectivity index (χ2v) is 7.53. The van der Waals surface area contributed by atoms with Gasteiger partial charge in [0.05, 0.1) is 6.54 Å². The van der Waals surface area contributed by atoms with Gasteiger partial charge >= 0.3 is 0 Å². The first-order valence-electron chi connectivity index (χ1n) is 9.67. The van der Waals surface area contributed by atoms with Crippen LogP contribution in [0.5, 0.6) is 5.75 Å². The van der Waals surface area contributed by atoms with Gasteiger partial charge in [-0.25, -0.2) is 4.39 Å². The third-order valence-electron chi connectivity index (χ3n) is 5.63. The van der Waals surface area contributed by atoms with E-state index in [2.05, 4.69) is 27.6 Å². The quantitative estimate of drug-likeness (QED) is 0.625. The normalized spacial score (nSPS) is 27.7. The summed E-state index contributed by atoms with van der Waals surface area (Å²) in [7, 11) is 4.05. The number of piperidine rings is 2. The molecule has 0 aliphatic carbocycles. The molecule has 3 unspecified atom stereocenters. The lowest BCUT2D eigenvalue weighted by Gasteiger charge is -2.47. The van der Waals surface area contributed by atoms with Crippen LogP contribution in [0.4, 0.5) is 4.39 Å². The molecule has 2 aliphatic heterocycles. The third kappa shape index (κ3) is 4.67. The summed E-state index contributed by atoms with van der Waals surface area (Å²) in [6, 6.07) is 8.31. The van der Waals surface area contributed by atoms with E-state index in [9.17, 15) is 4.39 Å².